The van der Waals surface area contributed by atoms with Crippen LogP contribution in [0.1, 0.15) is 0 Å². The number of nitrogens with zero attached hydrogens (tertiary/aromatic N) is 1. The molecule has 0 radical (unpaired) electrons. The molecule has 7 nitrogen and oxygen atoms in total. The van der Waals surface area contributed by atoms with Gasteiger partial charge in [0, 0.05) is 5.69 Å². The van der Waals surface area contributed by atoms with Crippen LogP contribution < -0.4 is 14.8 Å². The number of hydrogen-bond donors (Lipinski definition) is 2. The lowest BCUT2D eigenvalue weighted by Gasteiger charge is -2.13. The number of ether oxygens (including phenoxy) is 1. The number of cyclic esters (lactones) is 1. The van der Waals surface area contributed by atoms with E-state index >= 15 is 0 Å². The van der Waals surface area contributed by atoms with Gasteiger partial charge in [-0.3, -0.25) is 9.62 Å². The molecular formula is C9H11N3O4S. The molecule has 17 heavy (non-hydrogen) atoms. The number of anilines is 2. The fourth-order valence-electron chi connectivity index (χ4n) is 1.53. The van der Waals surface area contributed by atoms with E-state index < -0.39 is 16.3 Å². The van der Waals surface area contributed by atoms with Crippen molar-refractivity contribution in [1.82, 2.24) is 0 Å². The quantitative estimate of drug-likeness (QED) is 0.810. The fourth-order valence-corrected chi connectivity index (χ4v) is 1.99. The SMILES string of the molecule is NS(=O)(=O)Nc1cccc(N2CCOC2=O)c1. The Kier molecular flexibility index (Phi) is 2.90. The Balaban J connectivity index is 2.25. The van der Waals surface area contributed by atoms with Crippen LogP contribution in [0.25, 0.3) is 0 Å². The van der Waals surface area contributed by atoms with Gasteiger partial charge in [-0.25, -0.2) is 9.93 Å². The second-order valence-electron chi connectivity index (χ2n) is 3.46. The summed E-state index contributed by atoms with van der Waals surface area (Å²) in [5.41, 5.74) is 0.853. The molecule has 1 aromatic rings. The summed E-state index contributed by atoms with van der Waals surface area (Å²) in [5, 5.41) is 4.85. The minimum absolute atomic E-state index is 0.296. The maximum Gasteiger partial charge on any atom is 0.414 e. The van der Waals surface area contributed by atoms with Gasteiger partial charge in [0.2, 0.25) is 0 Å². The van der Waals surface area contributed by atoms with E-state index in [1.54, 1.807) is 12.1 Å². The third-order valence-electron chi connectivity index (χ3n) is 2.18. The lowest BCUT2D eigenvalue weighted by Crippen LogP contribution is -2.24. The van der Waals surface area contributed by atoms with E-state index in [1.807, 2.05) is 0 Å². The zero-order chi connectivity index (χ0) is 12.5. The molecule has 3 N–H and O–H groups in total. The summed E-state index contributed by atoms with van der Waals surface area (Å²) in [7, 11) is -3.82. The van der Waals surface area contributed by atoms with E-state index in [0.29, 0.717) is 24.5 Å². The summed E-state index contributed by atoms with van der Waals surface area (Å²) in [6, 6.07) is 6.35. The zero-order valence-corrected chi connectivity index (χ0v) is 9.61. The van der Waals surface area contributed by atoms with Crippen molar-refractivity contribution in [3.05, 3.63) is 24.3 Å². The van der Waals surface area contributed by atoms with Crippen LogP contribution in [-0.4, -0.2) is 27.7 Å². The molecule has 1 amide bonds. The molecule has 0 aliphatic carbocycles. The smallest absolute Gasteiger partial charge is 0.414 e. The monoisotopic (exact) mass is 257 g/mol. The van der Waals surface area contributed by atoms with Crippen LogP contribution >= 0.6 is 0 Å². The summed E-state index contributed by atoms with van der Waals surface area (Å²) in [5.74, 6) is 0. The van der Waals surface area contributed by atoms with Crippen molar-refractivity contribution in [1.29, 1.82) is 0 Å². The molecule has 0 saturated carbocycles. The lowest BCUT2D eigenvalue weighted by atomic mass is 10.2. The van der Waals surface area contributed by atoms with Crippen LogP contribution in [0.4, 0.5) is 16.2 Å². The van der Waals surface area contributed by atoms with E-state index in [2.05, 4.69) is 4.72 Å². The van der Waals surface area contributed by atoms with Crippen LogP contribution in [-0.2, 0) is 14.9 Å². The molecule has 0 bridgehead atoms. The van der Waals surface area contributed by atoms with Crippen LogP contribution in [0, 0.1) is 0 Å². The topological polar surface area (TPSA) is 102 Å². The molecule has 1 heterocycles. The molecule has 92 valence electrons. The second kappa shape index (κ2) is 4.22. The lowest BCUT2D eigenvalue weighted by molar-refractivity contribution is 0.181. The summed E-state index contributed by atoms with van der Waals surface area (Å²) in [4.78, 5) is 12.7. The Labute approximate surface area is 98.3 Å². The van der Waals surface area contributed by atoms with Gasteiger partial charge in [-0.1, -0.05) is 6.07 Å². The first-order valence-electron chi connectivity index (χ1n) is 4.80. The molecule has 1 saturated heterocycles. The van der Waals surface area contributed by atoms with Crippen LogP contribution in [0.3, 0.4) is 0 Å². The van der Waals surface area contributed by atoms with Crippen LogP contribution in [0.2, 0.25) is 0 Å². The van der Waals surface area contributed by atoms with Gasteiger partial charge in [0.25, 0.3) is 10.2 Å². The van der Waals surface area contributed by atoms with Crippen molar-refractivity contribution in [2.75, 3.05) is 22.8 Å². The zero-order valence-electron chi connectivity index (χ0n) is 8.79. The van der Waals surface area contributed by atoms with Gasteiger partial charge >= 0.3 is 6.09 Å². The Bertz CT molecular complexity index is 543. The van der Waals surface area contributed by atoms with E-state index in [0.717, 1.165) is 0 Å². The van der Waals surface area contributed by atoms with E-state index in [1.165, 1.54) is 17.0 Å². The maximum absolute atomic E-state index is 11.3. The molecule has 0 atom stereocenters. The van der Waals surface area contributed by atoms with Crippen LogP contribution in [0.5, 0.6) is 0 Å². The van der Waals surface area contributed by atoms with Crippen molar-refractivity contribution in [3.8, 4) is 0 Å². The number of rotatable bonds is 3. The summed E-state index contributed by atoms with van der Waals surface area (Å²) < 4.78 is 28.6. The van der Waals surface area contributed by atoms with E-state index in [4.69, 9.17) is 9.88 Å². The number of carbonyl (C=O) groups is 1. The van der Waals surface area contributed by atoms with E-state index in [-0.39, 0.29) is 0 Å². The highest BCUT2D eigenvalue weighted by Gasteiger charge is 2.23. The Morgan fingerprint density at radius 2 is 2.18 bits per heavy atom. The minimum atomic E-state index is -3.82. The normalized spacial score (nSPS) is 15.8. The molecule has 1 aliphatic rings. The summed E-state index contributed by atoms with van der Waals surface area (Å²) >= 11 is 0. The average Bonchev–Trinajstić information content (AvgIpc) is 2.62. The number of carbonyl (C=O) groups excluding carboxylic acids is 1. The molecule has 2 rings (SSSR count). The third-order valence-corrected chi connectivity index (χ3v) is 2.70. The molecule has 1 fully saturated rings. The molecule has 1 aliphatic heterocycles. The number of nitrogens with two attached hydrogens (primary N) is 1. The second-order valence-corrected chi connectivity index (χ2v) is 4.76. The molecular weight excluding hydrogens is 246 g/mol. The largest absolute Gasteiger partial charge is 0.447 e. The average molecular weight is 257 g/mol. The third kappa shape index (κ3) is 2.86. The highest BCUT2D eigenvalue weighted by molar-refractivity contribution is 7.90. The maximum atomic E-state index is 11.3. The number of amides is 1. The van der Waals surface area contributed by atoms with Gasteiger partial charge in [0.1, 0.15) is 6.61 Å². The summed E-state index contributed by atoms with van der Waals surface area (Å²) in [6.45, 7) is 0.767. The predicted molar refractivity (Wildman–Crippen MR) is 61.9 cm³/mol. The van der Waals surface area contributed by atoms with Crippen molar-refractivity contribution in [3.63, 3.8) is 0 Å². The molecule has 1 aromatic carbocycles. The first kappa shape index (κ1) is 11.7. The molecule has 0 aromatic heterocycles. The summed E-state index contributed by atoms with van der Waals surface area (Å²) in [6.07, 6.45) is -0.447. The van der Waals surface area contributed by atoms with Crippen LogP contribution in [0.15, 0.2) is 24.3 Å². The van der Waals surface area contributed by atoms with Crippen molar-refractivity contribution in [2.45, 2.75) is 0 Å². The number of hydrogen-bond acceptors (Lipinski definition) is 4. The van der Waals surface area contributed by atoms with Gasteiger partial charge in [-0.2, -0.15) is 8.42 Å². The van der Waals surface area contributed by atoms with Crippen molar-refractivity contribution in [2.24, 2.45) is 5.14 Å². The highest BCUT2D eigenvalue weighted by Crippen LogP contribution is 2.22. The Morgan fingerprint density at radius 3 is 2.76 bits per heavy atom. The first-order valence-corrected chi connectivity index (χ1v) is 6.35. The standard InChI is InChI=1S/C9H11N3O4S/c10-17(14,15)11-7-2-1-3-8(6-7)12-4-5-16-9(12)13/h1-3,6,11H,4-5H2,(H2,10,14,15). The van der Waals surface area contributed by atoms with Gasteiger partial charge in [-0.05, 0) is 18.2 Å². The van der Waals surface area contributed by atoms with Crippen molar-refractivity contribution >= 4 is 27.7 Å². The van der Waals surface area contributed by atoms with Gasteiger partial charge in [0.05, 0.1) is 12.2 Å². The Morgan fingerprint density at radius 1 is 1.41 bits per heavy atom. The number of nitrogens with one attached hydrogen (secondary N) is 1. The van der Waals surface area contributed by atoms with Gasteiger partial charge in [-0.15, -0.1) is 0 Å². The first-order chi connectivity index (χ1) is 7.96. The van der Waals surface area contributed by atoms with Gasteiger partial charge < -0.3 is 4.74 Å². The molecule has 0 unspecified atom stereocenters. The van der Waals surface area contributed by atoms with Crippen molar-refractivity contribution < 1.29 is 17.9 Å². The Hall–Kier alpha value is -1.80. The highest BCUT2D eigenvalue weighted by atomic mass is 32.2. The predicted octanol–water partition coefficient (Wildman–Crippen LogP) is 0.259. The number of benzene rings is 1. The van der Waals surface area contributed by atoms with E-state index in [9.17, 15) is 13.2 Å². The minimum Gasteiger partial charge on any atom is -0.447 e. The molecule has 0 spiro atoms. The van der Waals surface area contributed by atoms with Gasteiger partial charge in [0.15, 0.2) is 0 Å². The molecule has 8 heteroatoms. The fraction of sp³-hybridized carbons (Fsp3) is 0.222.